The van der Waals surface area contributed by atoms with Crippen LogP contribution < -0.4 is 0 Å². The topological polar surface area (TPSA) is 83.4 Å². The molecule has 1 aromatic heterocycles. The van der Waals surface area contributed by atoms with E-state index in [1.54, 1.807) is 24.1 Å². The molecule has 34 heavy (non-hydrogen) atoms. The van der Waals surface area contributed by atoms with Gasteiger partial charge in [0, 0.05) is 31.1 Å². The Morgan fingerprint density at radius 3 is 2.26 bits per heavy atom. The second-order valence-electron chi connectivity index (χ2n) is 8.34. The van der Waals surface area contributed by atoms with Gasteiger partial charge in [-0.1, -0.05) is 60.7 Å². The fourth-order valence-corrected chi connectivity index (χ4v) is 3.94. The van der Waals surface area contributed by atoms with E-state index in [-0.39, 0.29) is 12.3 Å². The molecule has 0 aliphatic rings. The Bertz CT molecular complexity index is 1290. The van der Waals surface area contributed by atoms with Gasteiger partial charge in [-0.15, -0.1) is 0 Å². The molecule has 0 aliphatic carbocycles. The van der Waals surface area contributed by atoms with Crippen molar-refractivity contribution in [2.45, 2.75) is 32.2 Å². The minimum atomic E-state index is -0.796. The molecule has 3 aromatic carbocycles. The molecule has 0 bridgehead atoms. The van der Waals surface area contributed by atoms with Gasteiger partial charge in [0.2, 0.25) is 0 Å². The van der Waals surface area contributed by atoms with Crippen LogP contribution in [0.1, 0.15) is 40.9 Å². The zero-order chi connectivity index (χ0) is 23.9. The van der Waals surface area contributed by atoms with Gasteiger partial charge in [0.1, 0.15) is 0 Å². The predicted molar refractivity (Wildman–Crippen MR) is 132 cm³/mol. The van der Waals surface area contributed by atoms with Crippen molar-refractivity contribution < 1.29 is 14.7 Å². The normalized spacial score (nSPS) is 10.9. The van der Waals surface area contributed by atoms with Gasteiger partial charge in [0.25, 0.3) is 5.91 Å². The second-order valence-corrected chi connectivity index (χ2v) is 8.34. The predicted octanol–water partition coefficient (Wildman–Crippen LogP) is 5.37. The molecule has 0 saturated heterocycles. The number of fused-ring (bicyclic) bond motifs is 1. The van der Waals surface area contributed by atoms with E-state index in [0.29, 0.717) is 36.9 Å². The molecule has 0 atom stereocenters. The number of aliphatic carboxylic acids is 1. The number of carbonyl (C=O) groups excluding carboxylic acids is 1. The molecular weight excluding hydrogens is 426 g/mol. The van der Waals surface area contributed by atoms with Gasteiger partial charge in [-0.05, 0) is 43.0 Å². The maximum Gasteiger partial charge on any atom is 0.303 e. The quantitative estimate of drug-likeness (QED) is 0.345. The molecule has 0 aliphatic heterocycles. The molecule has 1 heterocycles. The highest BCUT2D eigenvalue weighted by Crippen LogP contribution is 2.25. The Labute approximate surface area is 198 Å². The molecule has 0 fully saturated rings. The van der Waals surface area contributed by atoms with Gasteiger partial charge in [0.05, 0.1) is 22.4 Å². The number of benzene rings is 3. The Balaban J connectivity index is 1.63. The van der Waals surface area contributed by atoms with E-state index in [9.17, 15) is 9.59 Å². The fourth-order valence-electron chi connectivity index (χ4n) is 3.94. The van der Waals surface area contributed by atoms with Gasteiger partial charge in [0.15, 0.2) is 0 Å². The van der Waals surface area contributed by atoms with Crippen molar-refractivity contribution in [2.75, 3.05) is 7.05 Å². The lowest BCUT2D eigenvalue weighted by Crippen LogP contribution is -2.26. The van der Waals surface area contributed by atoms with Crippen LogP contribution in [-0.2, 0) is 17.8 Å². The number of carbonyl (C=O) groups is 2. The lowest BCUT2D eigenvalue weighted by Gasteiger charge is -2.18. The van der Waals surface area contributed by atoms with Crippen LogP contribution >= 0.6 is 0 Å². The molecule has 1 amide bonds. The van der Waals surface area contributed by atoms with Gasteiger partial charge in [-0.25, -0.2) is 9.97 Å². The Morgan fingerprint density at radius 1 is 0.853 bits per heavy atom. The van der Waals surface area contributed by atoms with Gasteiger partial charge in [-0.2, -0.15) is 0 Å². The average Bonchev–Trinajstić information content (AvgIpc) is 2.86. The minimum absolute atomic E-state index is 0.0808. The summed E-state index contributed by atoms with van der Waals surface area (Å²) >= 11 is 0. The van der Waals surface area contributed by atoms with E-state index in [4.69, 9.17) is 15.1 Å². The molecular formula is C28H27N3O3. The highest BCUT2D eigenvalue weighted by molar-refractivity contribution is 5.97. The van der Waals surface area contributed by atoms with E-state index >= 15 is 0 Å². The summed E-state index contributed by atoms with van der Waals surface area (Å²) in [6, 6.07) is 25.2. The van der Waals surface area contributed by atoms with Crippen molar-refractivity contribution in [1.29, 1.82) is 0 Å². The summed E-state index contributed by atoms with van der Waals surface area (Å²) < 4.78 is 0. The van der Waals surface area contributed by atoms with Crippen LogP contribution in [0.5, 0.6) is 0 Å². The number of carboxylic acid groups (broad SMARTS) is 1. The second kappa shape index (κ2) is 10.7. The number of hydrogen-bond acceptors (Lipinski definition) is 4. The maximum absolute atomic E-state index is 13.1. The SMILES string of the molecule is CN(Cc1ccccc1)C(=O)c1ccc2nc(-c3ccccc3)c(CCCCC(=O)O)nc2c1. The lowest BCUT2D eigenvalue weighted by molar-refractivity contribution is -0.137. The third-order valence-electron chi connectivity index (χ3n) is 5.69. The Morgan fingerprint density at radius 2 is 1.56 bits per heavy atom. The number of amides is 1. The largest absolute Gasteiger partial charge is 0.481 e. The van der Waals surface area contributed by atoms with Crippen LogP contribution in [0, 0.1) is 0 Å². The summed E-state index contributed by atoms with van der Waals surface area (Å²) in [4.78, 5) is 35.4. The first kappa shape index (κ1) is 23.1. The van der Waals surface area contributed by atoms with Gasteiger partial charge >= 0.3 is 5.97 Å². The zero-order valence-electron chi connectivity index (χ0n) is 19.1. The van der Waals surface area contributed by atoms with Crippen LogP contribution in [-0.4, -0.2) is 38.9 Å². The van der Waals surface area contributed by atoms with Gasteiger partial charge < -0.3 is 10.0 Å². The van der Waals surface area contributed by atoms with Crippen molar-refractivity contribution in [3.63, 3.8) is 0 Å². The number of unbranched alkanes of at least 4 members (excludes halogenated alkanes) is 1. The molecule has 0 unspecified atom stereocenters. The smallest absolute Gasteiger partial charge is 0.303 e. The summed E-state index contributed by atoms with van der Waals surface area (Å²) in [7, 11) is 1.79. The highest BCUT2D eigenvalue weighted by atomic mass is 16.4. The van der Waals surface area contributed by atoms with Crippen molar-refractivity contribution in [2.24, 2.45) is 0 Å². The van der Waals surface area contributed by atoms with Crippen molar-refractivity contribution in [3.8, 4) is 11.3 Å². The maximum atomic E-state index is 13.1. The minimum Gasteiger partial charge on any atom is -0.481 e. The summed E-state index contributed by atoms with van der Waals surface area (Å²) in [5, 5.41) is 8.94. The number of carboxylic acids is 1. The van der Waals surface area contributed by atoms with Crippen molar-refractivity contribution in [1.82, 2.24) is 14.9 Å². The van der Waals surface area contributed by atoms with Crippen molar-refractivity contribution in [3.05, 3.63) is 95.7 Å². The number of aryl methyl sites for hydroxylation is 1. The molecule has 6 heteroatoms. The molecule has 6 nitrogen and oxygen atoms in total. The number of aromatic nitrogens is 2. The van der Waals surface area contributed by atoms with E-state index < -0.39 is 5.97 Å². The third kappa shape index (κ3) is 5.64. The average molecular weight is 454 g/mol. The van der Waals surface area contributed by atoms with Crippen LogP contribution in [0.4, 0.5) is 0 Å². The number of rotatable bonds is 9. The molecule has 172 valence electrons. The molecule has 0 radical (unpaired) electrons. The third-order valence-corrected chi connectivity index (χ3v) is 5.69. The zero-order valence-corrected chi connectivity index (χ0v) is 19.1. The van der Waals surface area contributed by atoms with Crippen molar-refractivity contribution >= 4 is 22.9 Å². The van der Waals surface area contributed by atoms with Crippen LogP contribution in [0.2, 0.25) is 0 Å². The van der Waals surface area contributed by atoms with Gasteiger partial charge in [-0.3, -0.25) is 9.59 Å². The van der Waals surface area contributed by atoms with E-state index in [1.807, 2.05) is 66.7 Å². The Kier molecular flexibility index (Phi) is 7.28. The first-order chi connectivity index (χ1) is 16.5. The molecule has 0 saturated carbocycles. The van der Waals surface area contributed by atoms with Crippen LogP contribution in [0.25, 0.3) is 22.3 Å². The summed E-state index contributed by atoms with van der Waals surface area (Å²) in [5.74, 6) is -0.877. The standard InChI is InChI=1S/C28H27N3O3/c1-31(19-20-10-4-2-5-11-20)28(34)22-16-17-23-25(18-22)29-24(14-8-9-15-26(32)33)27(30-23)21-12-6-3-7-13-21/h2-7,10-13,16-18H,8-9,14-15,19H2,1H3,(H,32,33). The highest BCUT2D eigenvalue weighted by Gasteiger charge is 2.16. The summed E-state index contributed by atoms with van der Waals surface area (Å²) in [6.07, 6.45) is 2.03. The van der Waals surface area contributed by atoms with Crippen LogP contribution in [0.3, 0.4) is 0 Å². The van der Waals surface area contributed by atoms with Crippen LogP contribution in [0.15, 0.2) is 78.9 Å². The number of hydrogen-bond donors (Lipinski definition) is 1. The Hall–Kier alpha value is -4.06. The molecule has 0 spiro atoms. The summed E-state index contributed by atoms with van der Waals surface area (Å²) in [5.41, 5.74) is 5.57. The first-order valence-electron chi connectivity index (χ1n) is 11.4. The molecule has 4 aromatic rings. The van der Waals surface area contributed by atoms with E-state index in [1.165, 1.54) is 0 Å². The summed E-state index contributed by atoms with van der Waals surface area (Å²) in [6.45, 7) is 0.519. The monoisotopic (exact) mass is 453 g/mol. The molecule has 4 rings (SSSR count). The molecule has 1 N–H and O–H groups in total. The fraction of sp³-hybridized carbons (Fsp3) is 0.214. The number of nitrogens with zero attached hydrogens (tertiary/aromatic N) is 3. The van der Waals surface area contributed by atoms with E-state index in [0.717, 1.165) is 28.0 Å². The lowest BCUT2D eigenvalue weighted by atomic mass is 10.0. The first-order valence-corrected chi connectivity index (χ1v) is 11.4. The van der Waals surface area contributed by atoms with E-state index in [2.05, 4.69) is 0 Å².